The van der Waals surface area contributed by atoms with Crippen LogP contribution in [0.2, 0.25) is 0 Å². The zero-order valence-electron chi connectivity index (χ0n) is 11.9. The van der Waals surface area contributed by atoms with E-state index in [-0.39, 0.29) is 17.3 Å². The molecule has 2 aromatic heterocycles. The van der Waals surface area contributed by atoms with E-state index in [9.17, 15) is 4.79 Å². The number of rotatable bonds is 3. The van der Waals surface area contributed by atoms with Crippen LogP contribution in [0.3, 0.4) is 0 Å². The van der Waals surface area contributed by atoms with Crippen molar-refractivity contribution in [2.24, 2.45) is 0 Å². The summed E-state index contributed by atoms with van der Waals surface area (Å²) >= 11 is 1.52. The molecular formula is C16H14N4OS. The molecule has 0 unspecified atom stereocenters. The molecule has 0 atom stereocenters. The van der Waals surface area contributed by atoms with Gasteiger partial charge in [0.2, 0.25) is 0 Å². The maximum absolute atomic E-state index is 12.2. The Hall–Kier alpha value is -2.73. The number of anilines is 2. The first-order chi connectivity index (χ1) is 10.6. The lowest BCUT2D eigenvalue weighted by Crippen LogP contribution is -2.15. The molecule has 1 aromatic carbocycles. The van der Waals surface area contributed by atoms with Gasteiger partial charge in [-0.05, 0) is 30.5 Å². The van der Waals surface area contributed by atoms with E-state index < -0.39 is 0 Å². The molecule has 0 saturated heterocycles. The summed E-state index contributed by atoms with van der Waals surface area (Å²) in [6, 6.07) is 11.3. The van der Waals surface area contributed by atoms with Crippen molar-refractivity contribution in [2.75, 3.05) is 11.1 Å². The van der Waals surface area contributed by atoms with E-state index in [1.165, 1.54) is 17.5 Å². The molecule has 1 amide bonds. The first kappa shape index (κ1) is 14.2. The molecule has 0 aliphatic carbocycles. The normalized spacial score (nSPS) is 10.4. The summed E-state index contributed by atoms with van der Waals surface area (Å²) in [4.78, 5) is 21.6. The van der Waals surface area contributed by atoms with Crippen molar-refractivity contribution in [1.82, 2.24) is 9.97 Å². The molecule has 0 aliphatic rings. The highest BCUT2D eigenvalue weighted by atomic mass is 32.1. The number of nitrogen functional groups attached to an aromatic ring is 1. The zero-order chi connectivity index (χ0) is 15.5. The lowest BCUT2D eigenvalue weighted by atomic mass is 10.2. The highest BCUT2D eigenvalue weighted by Crippen LogP contribution is 2.22. The summed E-state index contributed by atoms with van der Waals surface area (Å²) in [5.41, 5.74) is 8.00. The molecular weight excluding hydrogens is 296 g/mol. The van der Waals surface area contributed by atoms with Crippen LogP contribution >= 0.6 is 11.3 Å². The van der Waals surface area contributed by atoms with E-state index in [4.69, 9.17) is 5.73 Å². The van der Waals surface area contributed by atoms with E-state index in [2.05, 4.69) is 15.3 Å². The van der Waals surface area contributed by atoms with E-state index in [1.54, 1.807) is 0 Å². The molecule has 2 heterocycles. The smallest absolute Gasteiger partial charge is 0.260 e. The summed E-state index contributed by atoms with van der Waals surface area (Å²) in [5.74, 6) is 0.376. The maximum atomic E-state index is 12.2. The fourth-order valence-electron chi connectivity index (χ4n) is 1.93. The van der Waals surface area contributed by atoms with E-state index in [0.717, 1.165) is 10.4 Å². The Labute approximate surface area is 131 Å². The van der Waals surface area contributed by atoms with Gasteiger partial charge >= 0.3 is 0 Å². The van der Waals surface area contributed by atoms with Crippen molar-refractivity contribution < 1.29 is 4.79 Å². The van der Waals surface area contributed by atoms with Crippen molar-refractivity contribution in [1.29, 1.82) is 0 Å². The van der Waals surface area contributed by atoms with Gasteiger partial charge in [0.1, 0.15) is 11.4 Å². The number of nitrogens with one attached hydrogen (secondary N) is 1. The largest absolute Gasteiger partial charge is 0.383 e. The number of hydrogen-bond donors (Lipinski definition) is 2. The number of nitrogens with zero attached hydrogens (tertiary/aromatic N) is 2. The minimum atomic E-state index is -0.320. The third-order valence-electron chi connectivity index (χ3n) is 3.11. The van der Waals surface area contributed by atoms with Crippen LogP contribution in [-0.4, -0.2) is 15.9 Å². The fourth-order valence-corrected chi connectivity index (χ4v) is 2.59. The number of aryl methyl sites for hydroxylation is 1. The zero-order valence-corrected chi connectivity index (χ0v) is 12.7. The molecule has 5 nitrogen and oxygen atoms in total. The minimum absolute atomic E-state index is 0.169. The van der Waals surface area contributed by atoms with E-state index in [0.29, 0.717) is 11.5 Å². The highest BCUT2D eigenvalue weighted by Gasteiger charge is 2.14. The fraction of sp³-hybridized carbons (Fsp3) is 0.0625. The number of nitrogens with two attached hydrogens (primary N) is 1. The molecule has 3 aromatic rings. The highest BCUT2D eigenvalue weighted by molar-refractivity contribution is 7.13. The summed E-state index contributed by atoms with van der Waals surface area (Å²) < 4.78 is 0. The number of amides is 1. The third-order valence-corrected chi connectivity index (χ3v) is 3.98. The lowest BCUT2D eigenvalue weighted by molar-refractivity contribution is 0.102. The molecule has 3 N–H and O–H groups in total. The van der Waals surface area contributed by atoms with Crippen LogP contribution in [0.4, 0.5) is 11.5 Å². The van der Waals surface area contributed by atoms with Gasteiger partial charge < -0.3 is 11.1 Å². The Bertz CT molecular complexity index is 798. The first-order valence-corrected chi connectivity index (χ1v) is 7.56. The van der Waals surface area contributed by atoms with E-state index >= 15 is 0 Å². The van der Waals surface area contributed by atoms with Gasteiger partial charge in [-0.3, -0.25) is 4.79 Å². The summed E-state index contributed by atoms with van der Waals surface area (Å²) in [6.07, 6.45) is 1.46. The van der Waals surface area contributed by atoms with E-state index in [1.807, 2.05) is 48.7 Å². The number of hydrogen-bond acceptors (Lipinski definition) is 5. The van der Waals surface area contributed by atoms with Crippen LogP contribution in [0.1, 0.15) is 15.9 Å². The monoisotopic (exact) mass is 310 g/mol. The number of carbonyl (C=O) groups excluding carboxylic acids is 1. The van der Waals surface area contributed by atoms with Crippen molar-refractivity contribution in [3.63, 3.8) is 0 Å². The first-order valence-electron chi connectivity index (χ1n) is 6.68. The molecule has 0 spiro atoms. The molecule has 22 heavy (non-hydrogen) atoms. The van der Waals surface area contributed by atoms with Crippen molar-refractivity contribution in [3.05, 3.63) is 59.1 Å². The van der Waals surface area contributed by atoms with Gasteiger partial charge in [-0.15, -0.1) is 11.3 Å². The van der Waals surface area contributed by atoms with Crippen LogP contribution in [0.5, 0.6) is 0 Å². The lowest BCUT2D eigenvalue weighted by Gasteiger charge is -2.08. The molecule has 0 bridgehead atoms. The number of thiophene rings is 1. The molecule has 110 valence electrons. The van der Waals surface area contributed by atoms with Gasteiger partial charge in [-0.2, -0.15) is 0 Å². The third kappa shape index (κ3) is 2.96. The molecule has 6 heteroatoms. The molecule has 3 rings (SSSR count). The van der Waals surface area contributed by atoms with Crippen LogP contribution < -0.4 is 11.1 Å². The van der Waals surface area contributed by atoms with Gasteiger partial charge in [-0.1, -0.05) is 23.8 Å². The standard InChI is InChI=1S/C16H14N4OS/c1-10-4-6-11(7-5-10)19-16(21)12-9-18-15(20-14(12)17)13-3-2-8-22-13/h2-9H,1H3,(H,19,21)(H2,17,18,20). The molecule has 0 fully saturated rings. The summed E-state index contributed by atoms with van der Waals surface area (Å²) in [7, 11) is 0. The topological polar surface area (TPSA) is 80.9 Å². The van der Waals surface area contributed by atoms with Crippen molar-refractivity contribution in [3.8, 4) is 10.7 Å². The van der Waals surface area contributed by atoms with Crippen LogP contribution in [0.25, 0.3) is 10.7 Å². The Kier molecular flexibility index (Phi) is 3.84. The average Bonchev–Trinajstić information content (AvgIpc) is 3.03. The second-order valence-electron chi connectivity index (χ2n) is 4.79. The Morgan fingerprint density at radius 1 is 1.23 bits per heavy atom. The summed E-state index contributed by atoms with van der Waals surface area (Å²) in [6.45, 7) is 1.99. The minimum Gasteiger partial charge on any atom is -0.383 e. The quantitative estimate of drug-likeness (QED) is 0.777. The van der Waals surface area contributed by atoms with Gasteiger partial charge in [0, 0.05) is 11.9 Å². The SMILES string of the molecule is Cc1ccc(NC(=O)c2cnc(-c3cccs3)nc2N)cc1. The second-order valence-corrected chi connectivity index (χ2v) is 5.74. The molecule has 0 aliphatic heterocycles. The van der Waals surface area contributed by atoms with Crippen LogP contribution in [0.15, 0.2) is 48.0 Å². The average molecular weight is 310 g/mol. The van der Waals surface area contributed by atoms with Crippen molar-refractivity contribution in [2.45, 2.75) is 6.92 Å². The summed E-state index contributed by atoms with van der Waals surface area (Å²) in [5, 5.41) is 4.72. The second kappa shape index (κ2) is 5.95. The molecule has 0 radical (unpaired) electrons. The van der Waals surface area contributed by atoms with Gasteiger partial charge in [0.15, 0.2) is 5.82 Å². The van der Waals surface area contributed by atoms with Crippen LogP contribution in [-0.2, 0) is 0 Å². The van der Waals surface area contributed by atoms with Gasteiger partial charge in [-0.25, -0.2) is 9.97 Å². The number of carbonyl (C=O) groups is 1. The predicted molar refractivity (Wildman–Crippen MR) is 88.9 cm³/mol. The van der Waals surface area contributed by atoms with Crippen LogP contribution in [0, 0.1) is 6.92 Å². The Morgan fingerprint density at radius 3 is 2.64 bits per heavy atom. The van der Waals surface area contributed by atoms with Crippen molar-refractivity contribution >= 4 is 28.7 Å². The Balaban J connectivity index is 1.82. The number of aromatic nitrogens is 2. The Morgan fingerprint density at radius 2 is 2.00 bits per heavy atom. The predicted octanol–water partition coefficient (Wildman–Crippen LogP) is 3.35. The maximum Gasteiger partial charge on any atom is 0.260 e. The van der Waals surface area contributed by atoms with Gasteiger partial charge in [0.05, 0.1) is 4.88 Å². The molecule has 0 saturated carbocycles. The van der Waals surface area contributed by atoms with Gasteiger partial charge in [0.25, 0.3) is 5.91 Å². The number of benzene rings is 1.